The van der Waals surface area contributed by atoms with Gasteiger partial charge in [0.15, 0.2) is 0 Å². The summed E-state index contributed by atoms with van der Waals surface area (Å²) in [6, 6.07) is 42.6. The maximum Gasteiger partial charge on any atom is 0.0645 e. The standard InChI is InChI=1S/C56H39N/c1-3-12-40(13-4-1)41-22-24-42(25-23-41)43-26-33-49(34-27-43)57(50-35-28-47(29-36-50)53-21-11-18-44-16-7-9-19-52(44)53)51-37-30-48(31-38-51)56-54-20-10-8-17-46(54)32-39-55(56)45-14-5-2-6-15-45/h1-39H/i26D,27D,28D,29D,30D,31D,33D,34D,35D,36D,37D,38D. The third-order valence-corrected chi connectivity index (χ3v) is 10.1. The Hall–Kier alpha value is -7.48. The summed E-state index contributed by atoms with van der Waals surface area (Å²) in [6.45, 7) is 0. The average molecular weight is 738 g/mol. The molecule has 0 aliphatic heterocycles. The van der Waals surface area contributed by atoms with Crippen molar-refractivity contribution in [3.05, 3.63) is 236 Å². The number of hydrogen-bond donors (Lipinski definition) is 0. The number of benzene rings is 10. The van der Waals surface area contributed by atoms with E-state index < -0.39 is 89.6 Å². The zero-order valence-corrected chi connectivity index (χ0v) is 30.5. The second-order valence-electron chi connectivity index (χ2n) is 13.6. The fraction of sp³-hybridized carbons (Fsp3) is 0. The Bertz CT molecular complexity index is 3600. The predicted octanol–water partition coefficient (Wildman–Crippen LogP) is 15.8. The molecule has 0 aliphatic carbocycles. The van der Waals surface area contributed by atoms with Crippen LogP contribution in [0.25, 0.3) is 77.2 Å². The molecular weight excluding hydrogens is 687 g/mol. The molecule has 0 radical (unpaired) electrons. The van der Waals surface area contributed by atoms with Crippen molar-refractivity contribution in [2.75, 3.05) is 4.90 Å². The van der Waals surface area contributed by atoms with E-state index in [4.69, 9.17) is 0 Å². The Labute approximate surface area is 351 Å². The van der Waals surface area contributed by atoms with Gasteiger partial charge in [-0.25, -0.2) is 0 Å². The molecule has 0 aliphatic rings. The molecule has 0 aromatic heterocycles. The van der Waals surface area contributed by atoms with Gasteiger partial charge >= 0.3 is 0 Å². The number of hydrogen-bond acceptors (Lipinski definition) is 1. The van der Waals surface area contributed by atoms with Crippen molar-refractivity contribution in [1.29, 1.82) is 0 Å². The topological polar surface area (TPSA) is 3.24 Å². The van der Waals surface area contributed by atoms with E-state index in [1.54, 1.807) is 30.3 Å². The van der Waals surface area contributed by atoms with Gasteiger partial charge in [-0.15, -0.1) is 0 Å². The first-order chi connectivity index (χ1) is 33.3. The maximum absolute atomic E-state index is 9.80. The fourth-order valence-corrected chi connectivity index (χ4v) is 7.30. The summed E-state index contributed by atoms with van der Waals surface area (Å²) in [7, 11) is 0. The molecule has 268 valence electrons. The Morgan fingerprint density at radius 1 is 0.263 bits per heavy atom. The van der Waals surface area contributed by atoms with Crippen molar-refractivity contribution >= 4 is 38.6 Å². The molecule has 57 heavy (non-hydrogen) atoms. The van der Waals surface area contributed by atoms with Crippen molar-refractivity contribution in [2.45, 2.75) is 0 Å². The molecule has 10 rings (SSSR count). The largest absolute Gasteiger partial charge is 0.311 e. The number of rotatable bonds is 8. The molecule has 0 saturated carbocycles. The summed E-state index contributed by atoms with van der Waals surface area (Å²) in [5, 5.41) is 2.89. The molecule has 0 saturated heterocycles. The van der Waals surface area contributed by atoms with Gasteiger partial charge in [0, 0.05) is 17.1 Å². The van der Waals surface area contributed by atoms with Gasteiger partial charge < -0.3 is 4.90 Å². The van der Waals surface area contributed by atoms with Crippen LogP contribution in [0.5, 0.6) is 0 Å². The van der Waals surface area contributed by atoms with Crippen molar-refractivity contribution in [1.82, 2.24) is 0 Å². The summed E-state index contributed by atoms with van der Waals surface area (Å²) in [4.78, 5) is 0.863. The average Bonchev–Trinajstić information content (AvgIpc) is 3.38. The van der Waals surface area contributed by atoms with Gasteiger partial charge in [-0.3, -0.25) is 0 Å². The molecule has 10 aromatic carbocycles. The van der Waals surface area contributed by atoms with Gasteiger partial charge in [-0.2, -0.15) is 0 Å². The Kier molecular flexibility index (Phi) is 6.16. The van der Waals surface area contributed by atoms with Gasteiger partial charge in [0.05, 0.1) is 16.4 Å². The van der Waals surface area contributed by atoms with E-state index in [1.165, 1.54) is 0 Å². The molecule has 0 amide bonds. The SMILES string of the molecule is [2H]c1c([2H])c(N(c2c([2H])c([2H])c(-c3cccc4ccccc34)c([2H])c2[2H])c2c([2H])c([2H])c(-c3c(-c4ccccc4)ccc4ccccc34)c([2H])c2[2H])c([2H])c([2H])c1-c1ccc(-c2ccccc2)cc1. The van der Waals surface area contributed by atoms with E-state index in [1.807, 2.05) is 133 Å². The Morgan fingerprint density at radius 2 is 0.702 bits per heavy atom. The van der Waals surface area contributed by atoms with Crippen molar-refractivity contribution < 1.29 is 16.4 Å². The van der Waals surface area contributed by atoms with Crippen LogP contribution in [-0.2, 0) is 0 Å². The van der Waals surface area contributed by atoms with Crippen LogP contribution in [0.3, 0.4) is 0 Å². The second-order valence-corrected chi connectivity index (χ2v) is 13.6. The number of nitrogens with zero attached hydrogens (tertiary/aromatic N) is 1. The van der Waals surface area contributed by atoms with Gasteiger partial charge in [0.2, 0.25) is 0 Å². The lowest BCUT2D eigenvalue weighted by molar-refractivity contribution is 1.28. The van der Waals surface area contributed by atoms with Crippen LogP contribution in [0, 0.1) is 0 Å². The second kappa shape index (κ2) is 15.0. The molecule has 0 fully saturated rings. The van der Waals surface area contributed by atoms with Gasteiger partial charge in [0.1, 0.15) is 0 Å². The van der Waals surface area contributed by atoms with Gasteiger partial charge in [-0.05, 0) is 113 Å². The predicted molar refractivity (Wildman–Crippen MR) is 243 cm³/mol. The minimum atomic E-state index is -0.676. The normalized spacial score (nSPS) is 14.1. The highest BCUT2D eigenvalue weighted by molar-refractivity contribution is 6.04. The summed E-state index contributed by atoms with van der Waals surface area (Å²) in [5.74, 6) is 0. The van der Waals surface area contributed by atoms with E-state index in [-0.39, 0.29) is 16.7 Å². The molecule has 0 atom stereocenters. The monoisotopic (exact) mass is 737 g/mol. The maximum atomic E-state index is 9.80. The first-order valence-electron chi connectivity index (χ1n) is 24.6. The molecule has 0 bridgehead atoms. The third kappa shape index (κ3) is 6.66. The molecule has 10 aromatic rings. The quantitative estimate of drug-likeness (QED) is 0.150. The molecule has 1 nitrogen and oxygen atoms in total. The summed E-state index contributed by atoms with van der Waals surface area (Å²) in [5.41, 5.74) is 2.47. The number of fused-ring (bicyclic) bond motifs is 2. The minimum absolute atomic E-state index is 0.0429. The highest BCUT2D eigenvalue weighted by atomic mass is 15.1. The van der Waals surface area contributed by atoms with E-state index in [0.717, 1.165) is 32.4 Å². The molecule has 0 unspecified atom stereocenters. The number of anilines is 3. The molecule has 0 heterocycles. The van der Waals surface area contributed by atoms with Crippen LogP contribution >= 0.6 is 0 Å². The highest BCUT2D eigenvalue weighted by Crippen LogP contribution is 2.42. The third-order valence-electron chi connectivity index (χ3n) is 10.1. The molecular formula is C56H39N. The lowest BCUT2D eigenvalue weighted by Gasteiger charge is -2.26. The molecule has 0 spiro atoms. The van der Waals surface area contributed by atoms with Crippen molar-refractivity contribution in [3.63, 3.8) is 0 Å². The summed E-state index contributed by atoms with van der Waals surface area (Å²) in [6.07, 6.45) is 0. The van der Waals surface area contributed by atoms with E-state index >= 15 is 0 Å². The van der Waals surface area contributed by atoms with E-state index in [2.05, 4.69) is 0 Å². The smallest absolute Gasteiger partial charge is 0.0645 e. The first-order valence-corrected chi connectivity index (χ1v) is 18.6. The zero-order chi connectivity index (χ0) is 48.4. The van der Waals surface area contributed by atoms with Crippen molar-refractivity contribution in [2.24, 2.45) is 0 Å². The van der Waals surface area contributed by atoms with E-state index in [0.29, 0.717) is 33.0 Å². The van der Waals surface area contributed by atoms with Crippen LogP contribution in [-0.4, -0.2) is 0 Å². The highest BCUT2D eigenvalue weighted by Gasteiger charge is 2.17. The lowest BCUT2D eigenvalue weighted by Crippen LogP contribution is -2.09. The van der Waals surface area contributed by atoms with Crippen LogP contribution in [0.4, 0.5) is 17.1 Å². The first kappa shape index (κ1) is 23.4. The lowest BCUT2D eigenvalue weighted by atomic mass is 9.89. The fourth-order valence-electron chi connectivity index (χ4n) is 7.30. The van der Waals surface area contributed by atoms with Crippen molar-refractivity contribution in [3.8, 4) is 55.6 Å². The Morgan fingerprint density at radius 3 is 1.32 bits per heavy atom. The van der Waals surface area contributed by atoms with Crippen LogP contribution in [0.2, 0.25) is 0 Å². The Balaban J connectivity index is 1.27. The van der Waals surface area contributed by atoms with E-state index in [9.17, 15) is 16.4 Å². The minimum Gasteiger partial charge on any atom is -0.311 e. The van der Waals surface area contributed by atoms with Crippen LogP contribution < -0.4 is 4.90 Å². The molecule has 1 heteroatoms. The van der Waals surface area contributed by atoms with Gasteiger partial charge in [-0.1, -0.05) is 200 Å². The molecule has 0 N–H and O–H groups in total. The summed E-state index contributed by atoms with van der Waals surface area (Å²) >= 11 is 0. The summed E-state index contributed by atoms with van der Waals surface area (Å²) < 4.78 is 115. The van der Waals surface area contributed by atoms with Crippen LogP contribution in [0.1, 0.15) is 16.4 Å². The van der Waals surface area contributed by atoms with Gasteiger partial charge in [0.25, 0.3) is 0 Å². The zero-order valence-electron chi connectivity index (χ0n) is 42.5. The van der Waals surface area contributed by atoms with Crippen LogP contribution in [0.15, 0.2) is 236 Å².